The largest absolute Gasteiger partial charge is 0.383 e. The maximum absolute atomic E-state index is 6.20. The Morgan fingerprint density at radius 1 is 1.30 bits per heavy atom. The topological polar surface area (TPSA) is 81.7 Å². The Labute approximate surface area is 134 Å². The lowest BCUT2D eigenvalue weighted by molar-refractivity contribution is 0.786. The standard InChI is InChI=1S/C17H20N6/c1-10-4-3-5-12(8-10)14-13-15(18)23(2)22-16(13)21-17(20-14)19-9-11-6-7-11/h3-5,8,11H,6-7,9,18H2,1-2H3,(H,19,21,22). The first-order valence-electron chi connectivity index (χ1n) is 7.93. The monoisotopic (exact) mass is 308 g/mol. The molecular formula is C17H20N6. The van der Waals surface area contributed by atoms with Gasteiger partial charge in [0.2, 0.25) is 5.95 Å². The van der Waals surface area contributed by atoms with Crippen LogP contribution in [0.3, 0.4) is 0 Å². The molecule has 3 aromatic rings. The molecule has 0 aliphatic heterocycles. The van der Waals surface area contributed by atoms with E-state index >= 15 is 0 Å². The van der Waals surface area contributed by atoms with Crippen molar-refractivity contribution >= 4 is 22.8 Å². The molecule has 1 aliphatic rings. The van der Waals surface area contributed by atoms with Crippen LogP contribution >= 0.6 is 0 Å². The van der Waals surface area contributed by atoms with E-state index in [-0.39, 0.29) is 0 Å². The smallest absolute Gasteiger partial charge is 0.225 e. The lowest BCUT2D eigenvalue weighted by Gasteiger charge is -2.08. The molecule has 0 amide bonds. The van der Waals surface area contributed by atoms with E-state index in [4.69, 9.17) is 10.7 Å². The highest BCUT2D eigenvalue weighted by atomic mass is 15.3. The first-order chi connectivity index (χ1) is 11.1. The molecule has 1 fully saturated rings. The van der Waals surface area contributed by atoms with Crippen molar-refractivity contribution in [1.82, 2.24) is 19.7 Å². The van der Waals surface area contributed by atoms with Crippen molar-refractivity contribution in [3.63, 3.8) is 0 Å². The van der Waals surface area contributed by atoms with Crippen molar-refractivity contribution in [1.29, 1.82) is 0 Å². The first kappa shape index (κ1) is 14.0. The number of rotatable bonds is 4. The van der Waals surface area contributed by atoms with Crippen molar-refractivity contribution in [2.24, 2.45) is 13.0 Å². The van der Waals surface area contributed by atoms with Crippen LogP contribution in [0.5, 0.6) is 0 Å². The fourth-order valence-electron chi connectivity index (χ4n) is 2.75. The number of aryl methyl sites for hydroxylation is 2. The molecule has 6 heteroatoms. The molecule has 0 radical (unpaired) electrons. The number of fused-ring (bicyclic) bond motifs is 1. The second-order valence-electron chi connectivity index (χ2n) is 6.30. The third-order valence-corrected chi connectivity index (χ3v) is 4.28. The normalized spacial score (nSPS) is 14.3. The van der Waals surface area contributed by atoms with E-state index in [9.17, 15) is 0 Å². The van der Waals surface area contributed by atoms with Crippen molar-refractivity contribution in [2.45, 2.75) is 19.8 Å². The Balaban J connectivity index is 1.87. The Morgan fingerprint density at radius 2 is 2.13 bits per heavy atom. The molecular weight excluding hydrogens is 288 g/mol. The van der Waals surface area contributed by atoms with Gasteiger partial charge in [0.15, 0.2) is 5.65 Å². The maximum Gasteiger partial charge on any atom is 0.225 e. The molecule has 6 nitrogen and oxygen atoms in total. The molecule has 2 aromatic heterocycles. The number of nitrogen functional groups attached to an aromatic ring is 1. The van der Waals surface area contributed by atoms with Crippen LogP contribution in [0.2, 0.25) is 0 Å². The van der Waals surface area contributed by atoms with E-state index in [0.717, 1.165) is 29.1 Å². The van der Waals surface area contributed by atoms with Crippen LogP contribution in [0.4, 0.5) is 11.8 Å². The van der Waals surface area contributed by atoms with Crippen molar-refractivity contribution in [3.05, 3.63) is 29.8 Å². The van der Waals surface area contributed by atoms with E-state index < -0.39 is 0 Å². The van der Waals surface area contributed by atoms with Gasteiger partial charge in [-0.25, -0.2) is 4.98 Å². The van der Waals surface area contributed by atoms with Crippen LogP contribution in [0.25, 0.3) is 22.3 Å². The predicted octanol–water partition coefficient (Wildman–Crippen LogP) is 2.74. The molecule has 118 valence electrons. The minimum atomic E-state index is 0.588. The molecule has 0 unspecified atom stereocenters. The summed E-state index contributed by atoms with van der Waals surface area (Å²) in [5, 5.41) is 8.58. The van der Waals surface area contributed by atoms with Crippen LogP contribution in [-0.2, 0) is 7.05 Å². The number of anilines is 2. The van der Waals surface area contributed by atoms with E-state index in [1.807, 2.05) is 19.2 Å². The third-order valence-electron chi connectivity index (χ3n) is 4.28. The van der Waals surface area contributed by atoms with Crippen LogP contribution in [0.1, 0.15) is 18.4 Å². The second kappa shape index (κ2) is 5.22. The van der Waals surface area contributed by atoms with Gasteiger partial charge in [0.1, 0.15) is 5.82 Å². The van der Waals surface area contributed by atoms with Crippen LogP contribution in [0, 0.1) is 12.8 Å². The van der Waals surface area contributed by atoms with Gasteiger partial charge < -0.3 is 11.1 Å². The van der Waals surface area contributed by atoms with Crippen LogP contribution in [0.15, 0.2) is 24.3 Å². The summed E-state index contributed by atoms with van der Waals surface area (Å²) in [6, 6.07) is 8.26. The van der Waals surface area contributed by atoms with Crippen molar-refractivity contribution < 1.29 is 0 Å². The molecule has 0 spiro atoms. The molecule has 4 rings (SSSR count). The zero-order valence-corrected chi connectivity index (χ0v) is 13.4. The molecule has 1 aromatic carbocycles. The van der Waals surface area contributed by atoms with Gasteiger partial charge in [0.05, 0.1) is 11.1 Å². The highest BCUT2D eigenvalue weighted by molar-refractivity contribution is 5.98. The Morgan fingerprint density at radius 3 is 2.87 bits per heavy atom. The molecule has 0 bridgehead atoms. The zero-order valence-electron chi connectivity index (χ0n) is 13.4. The lowest BCUT2D eigenvalue weighted by atomic mass is 10.1. The highest BCUT2D eigenvalue weighted by Gasteiger charge is 2.22. The molecule has 2 heterocycles. The summed E-state index contributed by atoms with van der Waals surface area (Å²) in [7, 11) is 1.83. The Kier molecular flexibility index (Phi) is 3.18. The molecule has 1 aliphatic carbocycles. The summed E-state index contributed by atoms with van der Waals surface area (Å²) < 4.78 is 1.66. The number of nitrogens with two attached hydrogens (primary N) is 1. The number of hydrogen-bond donors (Lipinski definition) is 2. The summed E-state index contributed by atoms with van der Waals surface area (Å²) in [6.07, 6.45) is 2.58. The van der Waals surface area contributed by atoms with Gasteiger partial charge in [-0.2, -0.15) is 10.1 Å². The molecule has 0 atom stereocenters. The first-order valence-corrected chi connectivity index (χ1v) is 7.93. The quantitative estimate of drug-likeness (QED) is 0.774. The van der Waals surface area contributed by atoms with E-state index in [2.05, 4.69) is 34.5 Å². The minimum Gasteiger partial charge on any atom is -0.383 e. The van der Waals surface area contributed by atoms with Gasteiger partial charge in [0.25, 0.3) is 0 Å². The Hall–Kier alpha value is -2.63. The second-order valence-corrected chi connectivity index (χ2v) is 6.30. The van der Waals surface area contributed by atoms with Gasteiger partial charge in [-0.3, -0.25) is 4.68 Å². The number of aromatic nitrogens is 4. The molecule has 3 N–H and O–H groups in total. The van der Waals surface area contributed by atoms with E-state index in [1.165, 1.54) is 18.4 Å². The van der Waals surface area contributed by atoms with Crippen LogP contribution < -0.4 is 11.1 Å². The number of benzene rings is 1. The Bertz CT molecular complexity index is 878. The summed E-state index contributed by atoms with van der Waals surface area (Å²) >= 11 is 0. The number of hydrogen-bond acceptors (Lipinski definition) is 5. The van der Waals surface area contributed by atoms with Crippen LogP contribution in [-0.4, -0.2) is 26.3 Å². The van der Waals surface area contributed by atoms with Gasteiger partial charge in [-0.15, -0.1) is 0 Å². The van der Waals surface area contributed by atoms with E-state index in [1.54, 1.807) is 4.68 Å². The van der Waals surface area contributed by atoms with E-state index in [0.29, 0.717) is 17.4 Å². The lowest BCUT2D eigenvalue weighted by Crippen LogP contribution is -2.07. The van der Waals surface area contributed by atoms with Gasteiger partial charge in [-0.05, 0) is 31.7 Å². The maximum atomic E-state index is 6.20. The fourth-order valence-corrected chi connectivity index (χ4v) is 2.75. The number of nitrogens with one attached hydrogen (secondary N) is 1. The third kappa shape index (κ3) is 2.60. The predicted molar refractivity (Wildman–Crippen MR) is 92.1 cm³/mol. The summed E-state index contributed by atoms with van der Waals surface area (Å²) in [4.78, 5) is 9.26. The number of nitrogens with zero attached hydrogens (tertiary/aromatic N) is 4. The molecule has 0 saturated heterocycles. The average Bonchev–Trinajstić information content (AvgIpc) is 3.31. The zero-order chi connectivity index (χ0) is 16.0. The van der Waals surface area contributed by atoms with Gasteiger partial charge >= 0.3 is 0 Å². The van der Waals surface area contributed by atoms with Gasteiger partial charge in [0, 0.05) is 19.2 Å². The van der Waals surface area contributed by atoms with Crippen molar-refractivity contribution in [3.8, 4) is 11.3 Å². The highest BCUT2D eigenvalue weighted by Crippen LogP contribution is 2.32. The summed E-state index contributed by atoms with van der Waals surface area (Å²) in [6.45, 7) is 2.99. The molecule has 1 saturated carbocycles. The summed E-state index contributed by atoms with van der Waals surface area (Å²) in [5.41, 5.74) is 9.88. The average molecular weight is 308 g/mol. The van der Waals surface area contributed by atoms with Crippen molar-refractivity contribution in [2.75, 3.05) is 17.6 Å². The SMILES string of the molecule is Cc1cccc(-c2nc(NCC3CC3)nc3nn(C)c(N)c23)c1. The van der Waals surface area contributed by atoms with Gasteiger partial charge in [-0.1, -0.05) is 23.8 Å². The minimum absolute atomic E-state index is 0.588. The summed E-state index contributed by atoms with van der Waals surface area (Å²) in [5.74, 6) is 1.97. The molecule has 23 heavy (non-hydrogen) atoms. The fraction of sp³-hybridized carbons (Fsp3) is 0.353.